The molecule has 2 aromatic rings. The van der Waals surface area contributed by atoms with Gasteiger partial charge in [-0.05, 0) is 24.8 Å². The molecular formula is C23H26Cl2FN3O6. The maximum Gasteiger partial charge on any atom is 0.274 e. The summed E-state index contributed by atoms with van der Waals surface area (Å²) in [7, 11) is 4.57. The number of rotatable bonds is 6. The Labute approximate surface area is 212 Å². The minimum Gasteiger partial charge on any atom is -0.503 e. The van der Waals surface area contributed by atoms with Crippen LogP contribution in [0.15, 0.2) is 23.1 Å². The standard InChI is InChI=1S/C23H25ClFN3O6.ClH/c1-27-11-23(6-12(7-23)10-33-2)28-9-14(19(29)20(30)18(28)22(27)32)21(31)26-8-13-4-5-15(34-3)16(24)17(13)25;/h4-5,9,12,30H,6-8,10-11H2,1-3H3,(H,26,31);1H/t12-,23-;. The minimum atomic E-state index is -0.969. The lowest BCUT2D eigenvalue weighted by molar-refractivity contribution is -0.0190. The Kier molecular flexibility index (Phi) is 7.68. The van der Waals surface area contributed by atoms with Gasteiger partial charge in [0.05, 0.1) is 12.6 Å². The number of hydrogen-bond acceptors (Lipinski definition) is 6. The van der Waals surface area contributed by atoms with E-state index in [4.69, 9.17) is 21.1 Å². The molecule has 9 nitrogen and oxygen atoms in total. The van der Waals surface area contributed by atoms with Gasteiger partial charge in [0.2, 0.25) is 5.43 Å². The number of nitrogens with zero attached hydrogens (tertiary/aromatic N) is 2. The van der Waals surface area contributed by atoms with E-state index in [1.807, 2.05) is 0 Å². The van der Waals surface area contributed by atoms with E-state index in [9.17, 15) is 23.9 Å². The van der Waals surface area contributed by atoms with Crippen LogP contribution in [0.1, 0.15) is 39.3 Å². The summed E-state index contributed by atoms with van der Waals surface area (Å²) in [6.45, 7) is 0.668. The summed E-state index contributed by atoms with van der Waals surface area (Å²) in [5, 5.41) is 12.9. The topological polar surface area (TPSA) is 110 Å². The number of hydrogen-bond donors (Lipinski definition) is 2. The first-order valence-corrected chi connectivity index (χ1v) is 11.0. The molecule has 1 fully saturated rings. The lowest BCUT2D eigenvalue weighted by atomic mass is 9.67. The maximum atomic E-state index is 14.5. The molecule has 2 heterocycles. The highest BCUT2D eigenvalue weighted by Gasteiger charge is 2.51. The van der Waals surface area contributed by atoms with E-state index in [1.165, 1.54) is 30.3 Å². The molecule has 1 aliphatic heterocycles. The van der Waals surface area contributed by atoms with Crippen LogP contribution in [-0.4, -0.2) is 60.8 Å². The smallest absolute Gasteiger partial charge is 0.274 e. The maximum absolute atomic E-state index is 14.5. The highest BCUT2D eigenvalue weighted by Crippen LogP contribution is 2.48. The van der Waals surface area contributed by atoms with Crippen LogP contribution in [0.4, 0.5) is 4.39 Å². The molecule has 190 valence electrons. The number of pyridine rings is 1. The van der Waals surface area contributed by atoms with Gasteiger partial charge in [-0.2, -0.15) is 0 Å². The van der Waals surface area contributed by atoms with E-state index in [0.717, 1.165) is 0 Å². The summed E-state index contributed by atoms with van der Waals surface area (Å²) in [6, 6.07) is 2.87. The number of nitrogens with one attached hydrogen (secondary N) is 1. The summed E-state index contributed by atoms with van der Waals surface area (Å²) in [5.74, 6) is -2.44. The van der Waals surface area contributed by atoms with E-state index in [2.05, 4.69) is 5.32 Å². The summed E-state index contributed by atoms with van der Waals surface area (Å²) >= 11 is 5.93. The number of halogens is 3. The lowest BCUT2D eigenvalue weighted by Crippen LogP contribution is -2.60. The molecule has 1 spiro atoms. The fourth-order valence-electron chi connectivity index (χ4n) is 4.94. The minimum absolute atomic E-state index is 0. The highest BCUT2D eigenvalue weighted by molar-refractivity contribution is 6.32. The largest absolute Gasteiger partial charge is 0.503 e. The molecule has 2 amide bonds. The molecule has 0 radical (unpaired) electrons. The fourth-order valence-corrected chi connectivity index (χ4v) is 5.20. The van der Waals surface area contributed by atoms with E-state index < -0.39 is 34.3 Å². The van der Waals surface area contributed by atoms with Crippen molar-refractivity contribution in [3.8, 4) is 11.5 Å². The van der Waals surface area contributed by atoms with Crippen LogP contribution in [0.5, 0.6) is 11.5 Å². The van der Waals surface area contributed by atoms with Crippen molar-refractivity contribution in [3.05, 3.63) is 56.2 Å². The third kappa shape index (κ3) is 4.46. The van der Waals surface area contributed by atoms with Gasteiger partial charge in [-0.25, -0.2) is 4.39 Å². The quantitative estimate of drug-likeness (QED) is 0.594. The molecule has 35 heavy (non-hydrogen) atoms. The first-order valence-electron chi connectivity index (χ1n) is 10.7. The van der Waals surface area contributed by atoms with Gasteiger partial charge in [0, 0.05) is 45.6 Å². The van der Waals surface area contributed by atoms with E-state index in [0.29, 0.717) is 26.0 Å². The number of benzene rings is 1. The SMILES string of the molecule is COC[C@H]1C[C@@]2(CN(C)C(=O)c3c(O)c(=O)c(C(=O)NCc4ccc(OC)c(Cl)c4F)cn32)C1.Cl. The number of aromatic nitrogens is 1. The first kappa shape index (κ1) is 26.8. The lowest BCUT2D eigenvalue weighted by Gasteiger charge is -2.54. The van der Waals surface area contributed by atoms with Crippen molar-refractivity contribution in [1.29, 1.82) is 0 Å². The average Bonchev–Trinajstić information content (AvgIpc) is 2.78. The van der Waals surface area contributed by atoms with Crippen LogP contribution in [0.2, 0.25) is 5.02 Å². The average molecular weight is 530 g/mol. The van der Waals surface area contributed by atoms with Crippen molar-refractivity contribution >= 4 is 35.8 Å². The highest BCUT2D eigenvalue weighted by atomic mass is 35.5. The number of fused-ring (bicyclic) bond motifs is 2. The first-order chi connectivity index (χ1) is 16.1. The number of carbonyl (C=O) groups is 2. The van der Waals surface area contributed by atoms with Gasteiger partial charge in [0.25, 0.3) is 11.8 Å². The van der Waals surface area contributed by atoms with Gasteiger partial charge in [-0.1, -0.05) is 17.7 Å². The van der Waals surface area contributed by atoms with Crippen LogP contribution < -0.4 is 15.5 Å². The van der Waals surface area contributed by atoms with Crippen molar-refractivity contribution in [2.75, 3.05) is 34.4 Å². The second-order valence-corrected chi connectivity index (χ2v) is 9.17. The van der Waals surface area contributed by atoms with Crippen LogP contribution in [0.25, 0.3) is 0 Å². The Hall–Kier alpha value is -2.82. The molecule has 0 bridgehead atoms. The third-order valence-corrected chi connectivity index (χ3v) is 6.90. The monoisotopic (exact) mass is 529 g/mol. The molecule has 1 aromatic heterocycles. The molecular weight excluding hydrogens is 504 g/mol. The molecule has 1 aromatic carbocycles. The summed E-state index contributed by atoms with van der Waals surface area (Å²) in [6.07, 6.45) is 2.63. The van der Waals surface area contributed by atoms with Gasteiger partial charge >= 0.3 is 0 Å². The number of amides is 2. The number of aromatic hydroxyl groups is 1. The van der Waals surface area contributed by atoms with Gasteiger partial charge in [0.15, 0.2) is 17.3 Å². The second-order valence-electron chi connectivity index (χ2n) is 8.79. The Morgan fingerprint density at radius 1 is 1.31 bits per heavy atom. The van der Waals surface area contributed by atoms with Crippen LogP contribution in [0.3, 0.4) is 0 Å². The molecule has 0 saturated heterocycles. The van der Waals surface area contributed by atoms with Crippen molar-refractivity contribution in [1.82, 2.24) is 14.8 Å². The Bertz CT molecular complexity index is 1230. The molecule has 0 atom stereocenters. The van der Waals surface area contributed by atoms with Gasteiger partial charge < -0.3 is 29.4 Å². The summed E-state index contributed by atoms with van der Waals surface area (Å²) in [5.41, 5.74) is -1.91. The molecule has 4 rings (SSSR count). The molecule has 2 aliphatic rings. The van der Waals surface area contributed by atoms with Crippen molar-refractivity contribution in [2.24, 2.45) is 5.92 Å². The molecule has 1 saturated carbocycles. The Morgan fingerprint density at radius 2 is 2.00 bits per heavy atom. The summed E-state index contributed by atoms with van der Waals surface area (Å²) in [4.78, 5) is 39.9. The number of carbonyl (C=O) groups excluding carboxylic acids is 2. The molecule has 2 N–H and O–H groups in total. The predicted octanol–water partition coefficient (Wildman–Crippen LogP) is 2.54. The molecule has 0 unspecified atom stereocenters. The van der Waals surface area contributed by atoms with Gasteiger partial charge in [0.1, 0.15) is 16.3 Å². The fraction of sp³-hybridized carbons (Fsp3) is 0.435. The number of ether oxygens (including phenoxy) is 2. The number of likely N-dealkylation sites (N-methyl/N-ethyl adjacent to an activating group) is 1. The van der Waals surface area contributed by atoms with Crippen molar-refractivity contribution < 1.29 is 28.6 Å². The van der Waals surface area contributed by atoms with Crippen LogP contribution in [-0.2, 0) is 16.8 Å². The second kappa shape index (κ2) is 10.0. The zero-order valence-electron chi connectivity index (χ0n) is 19.4. The zero-order valence-corrected chi connectivity index (χ0v) is 21.0. The Balaban J connectivity index is 0.00000342. The van der Waals surface area contributed by atoms with Gasteiger partial charge in [-0.15, -0.1) is 12.4 Å². The van der Waals surface area contributed by atoms with Crippen molar-refractivity contribution in [2.45, 2.75) is 24.9 Å². The Morgan fingerprint density at radius 3 is 2.63 bits per heavy atom. The molecule has 1 aliphatic carbocycles. The van der Waals surface area contributed by atoms with E-state index in [1.54, 1.807) is 18.7 Å². The van der Waals surface area contributed by atoms with E-state index >= 15 is 0 Å². The van der Waals surface area contributed by atoms with E-state index in [-0.39, 0.29) is 52.5 Å². The molecule has 12 heteroatoms. The van der Waals surface area contributed by atoms with Crippen molar-refractivity contribution in [3.63, 3.8) is 0 Å². The predicted molar refractivity (Wildman–Crippen MR) is 128 cm³/mol. The van der Waals surface area contributed by atoms with Crippen LogP contribution >= 0.6 is 24.0 Å². The van der Waals surface area contributed by atoms with Gasteiger partial charge in [-0.3, -0.25) is 14.4 Å². The summed E-state index contributed by atoms with van der Waals surface area (Å²) < 4.78 is 26.2. The third-order valence-electron chi connectivity index (χ3n) is 6.55. The van der Waals surface area contributed by atoms with Crippen LogP contribution in [0, 0.1) is 11.7 Å². The number of methoxy groups -OCH3 is 2. The zero-order chi connectivity index (χ0) is 24.8. The normalized spacial score (nSPS) is 20.7.